The topological polar surface area (TPSA) is 26.3 Å². The first kappa shape index (κ1) is 13.6. The number of ether oxygens (including phenoxy) is 1. The van der Waals surface area contributed by atoms with Gasteiger partial charge >= 0.3 is 0 Å². The second-order valence-corrected chi connectivity index (χ2v) is 4.58. The zero-order valence-electron chi connectivity index (χ0n) is 10.3. The van der Waals surface area contributed by atoms with E-state index in [0.717, 1.165) is 6.42 Å². The Hall–Kier alpha value is -0.370. The molecule has 2 atom stereocenters. The van der Waals surface area contributed by atoms with Gasteiger partial charge in [0.2, 0.25) is 0 Å². The van der Waals surface area contributed by atoms with Crippen molar-refractivity contribution in [2.45, 2.75) is 60.2 Å². The van der Waals surface area contributed by atoms with Crippen LogP contribution in [0.25, 0.3) is 0 Å². The number of ketones is 1. The summed E-state index contributed by atoms with van der Waals surface area (Å²) in [7, 11) is 0. The second-order valence-electron chi connectivity index (χ2n) is 4.58. The zero-order valence-corrected chi connectivity index (χ0v) is 10.3. The first-order valence-electron chi connectivity index (χ1n) is 5.59. The molecule has 0 heterocycles. The molecule has 0 rings (SSSR count). The van der Waals surface area contributed by atoms with E-state index in [9.17, 15) is 4.79 Å². The van der Waals surface area contributed by atoms with Gasteiger partial charge in [0.1, 0.15) is 6.10 Å². The fourth-order valence-electron chi connectivity index (χ4n) is 1.23. The van der Waals surface area contributed by atoms with Crippen LogP contribution < -0.4 is 0 Å². The SMILES string of the molecule is CCC(C)O[C@@H](C(=O)C(C)C)C(C)C. The van der Waals surface area contributed by atoms with Crippen molar-refractivity contribution < 1.29 is 9.53 Å². The number of hydrogen-bond donors (Lipinski definition) is 0. The molecule has 0 spiro atoms. The molecule has 0 fully saturated rings. The number of rotatable bonds is 6. The van der Waals surface area contributed by atoms with Gasteiger partial charge in [-0.3, -0.25) is 4.79 Å². The van der Waals surface area contributed by atoms with Crippen molar-refractivity contribution >= 4 is 5.78 Å². The van der Waals surface area contributed by atoms with Crippen molar-refractivity contribution in [1.29, 1.82) is 0 Å². The summed E-state index contributed by atoms with van der Waals surface area (Å²) in [4.78, 5) is 11.8. The molecule has 0 aromatic carbocycles. The Morgan fingerprint density at radius 1 is 1.14 bits per heavy atom. The van der Waals surface area contributed by atoms with E-state index in [2.05, 4.69) is 6.92 Å². The Kier molecular flexibility index (Phi) is 6.01. The third-order valence-electron chi connectivity index (χ3n) is 2.41. The Morgan fingerprint density at radius 2 is 1.64 bits per heavy atom. The molecule has 0 radical (unpaired) electrons. The highest BCUT2D eigenvalue weighted by Gasteiger charge is 2.26. The van der Waals surface area contributed by atoms with Gasteiger partial charge in [-0.25, -0.2) is 0 Å². The lowest BCUT2D eigenvalue weighted by Gasteiger charge is -2.25. The summed E-state index contributed by atoms with van der Waals surface area (Å²) in [6.45, 7) is 12.0. The molecule has 14 heavy (non-hydrogen) atoms. The highest BCUT2D eigenvalue weighted by atomic mass is 16.5. The largest absolute Gasteiger partial charge is 0.367 e. The molecule has 0 amide bonds. The lowest BCUT2D eigenvalue weighted by Crippen LogP contribution is -2.35. The molecule has 0 aliphatic rings. The summed E-state index contributed by atoms with van der Waals surface area (Å²) in [5, 5.41) is 0. The van der Waals surface area contributed by atoms with Gasteiger partial charge in [-0.2, -0.15) is 0 Å². The van der Waals surface area contributed by atoms with Crippen LogP contribution in [0, 0.1) is 11.8 Å². The number of carbonyl (C=O) groups excluding carboxylic acids is 1. The Morgan fingerprint density at radius 3 is 1.93 bits per heavy atom. The van der Waals surface area contributed by atoms with Crippen molar-refractivity contribution in [1.82, 2.24) is 0 Å². The molecule has 0 saturated carbocycles. The standard InChI is InChI=1S/C12H24O2/c1-7-10(6)14-12(9(4)5)11(13)8(2)3/h8-10,12H,7H2,1-6H3/t10?,12-/m1/s1. The number of hydrogen-bond acceptors (Lipinski definition) is 2. The van der Waals surface area contributed by atoms with Crippen LogP contribution in [0.5, 0.6) is 0 Å². The van der Waals surface area contributed by atoms with Crippen molar-refractivity contribution in [3.8, 4) is 0 Å². The Balaban J connectivity index is 4.37. The summed E-state index contributed by atoms with van der Waals surface area (Å²) < 4.78 is 5.73. The van der Waals surface area contributed by atoms with Crippen molar-refractivity contribution in [3.05, 3.63) is 0 Å². The highest BCUT2D eigenvalue weighted by Crippen LogP contribution is 2.15. The minimum atomic E-state index is -0.232. The highest BCUT2D eigenvalue weighted by molar-refractivity contribution is 5.85. The van der Waals surface area contributed by atoms with Gasteiger partial charge in [0, 0.05) is 5.92 Å². The summed E-state index contributed by atoms with van der Waals surface area (Å²) in [6, 6.07) is 0. The van der Waals surface area contributed by atoms with Crippen molar-refractivity contribution in [2.75, 3.05) is 0 Å². The summed E-state index contributed by atoms with van der Waals surface area (Å²) >= 11 is 0. The second kappa shape index (κ2) is 6.18. The van der Waals surface area contributed by atoms with Gasteiger partial charge < -0.3 is 4.74 Å². The van der Waals surface area contributed by atoms with E-state index in [4.69, 9.17) is 4.74 Å². The predicted molar refractivity (Wildman–Crippen MR) is 59.3 cm³/mol. The Bertz CT molecular complexity index is 173. The molecular formula is C12H24O2. The molecule has 0 saturated heterocycles. The Labute approximate surface area is 88.0 Å². The van der Waals surface area contributed by atoms with Crippen LogP contribution in [0.2, 0.25) is 0 Å². The lowest BCUT2D eigenvalue weighted by molar-refractivity contribution is -0.140. The monoisotopic (exact) mass is 200 g/mol. The number of carbonyl (C=O) groups is 1. The minimum Gasteiger partial charge on any atom is -0.367 e. The summed E-state index contributed by atoms with van der Waals surface area (Å²) in [6.07, 6.45) is 0.893. The van der Waals surface area contributed by atoms with Gasteiger partial charge in [-0.15, -0.1) is 0 Å². The third kappa shape index (κ3) is 4.23. The van der Waals surface area contributed by atoms with E-state index in [1.54, 1.807) is 0 Å². The molecule has 2 heteroatoms. The van der Waals surface area contributed by atoms with Crippen LogP contribution in [0.3, 0.4) is 0 Å². The normalized spacial score (nSPS) is 16.0. The number of Topliss-reactive ketones (excluding diaryl/α,β-unsaturated/α-hetero) is 1. The van der Waals surface area contributed by atoms with Gasteiger partial charge in [-0.05, 0) is 19.3 Å². The summed E-state index contributed by atoms with van der Waals surface area (Å²) in [5.74, 6) is 0.547. The lowest BCUT2D eigenvalue weighted by atomic mass is 9.95. The van der Waals surface area contributed by atoms with E-state index < -0.39 is 0 Å². The van der Waals surface area contributed by atoms with Crippen LogP contribution in [-0.2, 0) is 9.53 Å². The molecule has 84 valence electrons. The zero-order chi connectivity index (χ0) is 11.3. The molecule has 0 aliphatic heterocycles. The summed E-state index contributed by atoms with van der Waals surface area (Å²) in [5.41, 5.74) is 0. The fourth-order valence-corrected chi connectivity index (χ4v) is 1.23. The molecule has 1 unspecified atom stereocenters. The molecule has 0 N–H and O–H groups in total. The molecular weight excluding hydrogens is 176 g/mol. The maximum Gasteiger partial charge on any atom is 0.164 e. The van der Waals surface area contributed by atoms with E-state index in [1.165, 1.54) is 0 Å². The van der Waals surface area contributed by atoms with Crippen LogP contribution in [-0.4, -0.2) is 18.0 Å². The smallest absolute Gasteiger partial charge is 0.164 e. The van der Waals surface area contributed by atoms with Crippen LogP contribution in [0.1, 0.15) is 48.0 Å². The molecule has 0 aromatic heterocycles. The molecule has 0 bridgehead atoms. The van der Waals surface area contributed by atoms with E-state index in [-0.39, 0.29) is 29.8 Å². The van der Waals surface area contributed by atoms with E-state index in [0.29, 0.717) is 0 Å². The van der Waals surface area contributed by atoms with Crippen molar-refractivity contribution in [2.24, 2.45) is 11.8 Å². The van der Waals surface area contributed by atoms with Gasteiger partial charge in [-0.1, -0.05) is 34.6 Å². The maximum absolute atomic E-state index is 11.8. The maximum atomic E-state index is 11.8. The third-order valence-corrected chi connectivity index (χ3v) is 2.41. The van der Waals surface area contributed by atoms with Crippen LogP contribution >= 0.6 is 0 Å². The van der Waals surface area contributed by atoms with Gasteiger partial charge in [0.25, 0.3) is 0 Å². The molecule has 0 aromatic rings. The van der Waals surface area contributed by atoms with Gasteiger partial charge in [0.05, 0.1) is 6.10 Å². The van der Waals surface area contributed by atoms with E-state index in [1.807, 2.05) is 34.6 Å². The average Bonchev–Trinajstić information content (AvgIpc) is 2.11. The quantitative estimate of drug-likeness (QED) is 0.658. The first-order valence-corrected chi connectivity index (χ1v) is 5.59. The van der Waals surface area contributed by atoms with Crippen LogP contribution in [0.15, 0.2) is 0 Å². The van der Waals surface area contributed by atoms with E-state index >= 15 is 0 Å². The average molecular weight is 200 g/mol. The molecule has 0 aliphatic carbocycles. The molecule has 2 nitrogen and oxygen atoms in total. The van der Waals surface area contributed by atoms with Gasteiger partial charge in [0.15, 0.2) is 5.78 Å². The van der Waals surface area contributed by atoms with Crippen LogP contribution in [0.4, 0.5) is 0 Å². The fraction of sp³-hybridized carbons (Fsp3) is 0.917. The predicted octanol–water partition coefficient (Wildman–Crippen LogP) is 3.05. The minimum absolute atomic E-state index is 0.0615. The first-order chi connectivity index (χ1) is 6.40. The van der Waals surface area contributed by atoms with Crippen molar-refractivity contribution in [3.63, 3.8) is 0 Å².